The number of rotatable bonds is 18. The first-order chi connectivity index (χ1) is 14.2. The molecule has 0 radical (unpaired) electrons. The molecular weight excluding hydrogens is 374 g/mol. The Labute approximate surface area is 175 Å². The van der Waals surface area contributed by atoms with Gasteiger partial charge in [-0.15, -0.1) is 26.3 Å². The van der Waals surface area contributed by atoms with Gasteiger partial charge in [-0.25, -0.2) is 0 Å². The number of hydrogen-bond donors (Lipinski definition) is 2. The summed E-state index contributed by atoms with van der Waals surface area (Å²) in [7, 11) is 1.85. The molecule has 1 heterocycles. The maximum Gasteiger partial charge on any atom is 0.115 e. The number of nitrogens with one attached hydrogen (secondary N) is 1. The van der Waals surface area contributed by atoms with Crippen molar-refractivity contribution < 1.29 is 28.8 Å². The van der Waals surface area contributed by atoms with E-state index in [-0.39, 0.29) is 31.3 Å². The van der Waals surface area contributed by atoms with E-state index < -0.39 is 18.3 Å². The summed E-state index contributed by atoms with van der Waals surface area (Å²) < 4.78 is 29.9. The lowest BCUT2D eigenvalue weighted by atomic mass is 9.92. The Morgan fingerprint density at radius 3 is 2.21 bits per heavy atom. The third-order valence-electron chi connectivity index (χ3n) is 4.71. The van der Waals surface area contributed by atoms with E-state index in [1.807, 2.05) is 7.05 Å². The molecular formula is C22H37NO6. The molecule has 7 heteroatoms. The summed E-state index contributed by atoms with van der Waals surface area (Å²) in [6.45, 7) is 17.0. The van der Waals surface area contributed by atoms with Gasteiger partial charge in [0.05, 0.1) is 39.6 Å². The molecule has 6 atom stereocenters. The van der Waals surface area contributed by atoms with Crippen molar-refractivity contribution in [2.24, 2.45) is 5.92 Å². The summed E-state index contributed by atoms with van der Waals surface area (Å²) in [5.41, 5.74) is 0. The van der Waals surface area contributed by atoms with Gasteiger partial charge in [-0.1, -0.05) is 24.3 Å². The average Bonchev–Trinajstić information content (AvgIpc) is 3.16. The Bertz CT molecular complexity index is 486. The fourth-order valence-corrected chi connectivity index (χ4v) is 3.42. The number of hydrogen-bond acceptors (Lipinski definition) is 7. The third kappa shape index (κ3) is 8.14. The van der Waals surface area contributed by atoms with E-state index in [1.165, 1.54) is 0 Å². The molecule has 1 aliphatic rings. The van der Waals surface area contributed by atoms with Crippen LogP contribution in [0.2, 0.25) is 0 Å². The minimum Gasteiger partial charge on any atom is -0.396 e. The second-order valence-electron chi connectivity index (χ2n) is 6.71. The van der Waals surface area contributed by atoms with E-state index in [1.54, 1.807) is 24.3 Å². The normalized spacial score (nSPS) is 24.6. The lowest BCUT2D eigenvalue weighted by Gasteiger charge is -2.37. The first-order valence-electron chi connectivity index (χ1n) is 9.94. The molecule has 0 aromatic rings. The predicted molar refractivity (Wildman–Crippen MR) is 114 cm³/mol. The molecule has 0 saturated carbocycles. The molecule has 7 nitrogen and oxygen atoms in total. The molecule has 1 aliphatic heterocycles. The predicted octanol–water partition coefficient (Wildman–Crippen LogP) is 1.50. The standard InChI is InChI=1S/C22H37NO6/c1-6-10-25-16-18(26-11-7-2)20(27-12-8-3)22(28-13-9-4)21-19(23-5)17(14-24)15-29-21/h6-9,17-24H,1-4,10-16H2,5H3/t17-,18+,19-,20+,21-,22-/m0/s1. The van der Waals surface area contributed by atoms with Gasteiger partial charge in [0.1, 0.15) is 24.4 Å². The zero-order valence-corrected chi connectivity index (χ0v) is 17.5. The van der Waals surface area contributed by atoms with Gasteiger partial charge >= 0.3 is 0 Å². The van der Waals surface area contributed by atoms with Crippen molar-refractivity contribution in [2.75, 3.05) is 53.3 Å². The van der Waals surface area contributed by atoms with E-state index in [0.29, 0.717) is 33.0 Å². The zero-order valence-electron chi connectivity index (χ0n) is 17.5. The molecule has 1 fully saturated rings. The molecule has 0 amide bonds. The Morgan fingerprint density at radius 2 is 1.62 bits per heavy atom. The van der Waals surface area contributed by atoms with E-state index in [4.69, 9.17) is 23.7 Å². The first-order valence-corrected chi connectivity index (χ1v) is 9.94. The summed E-state index contributed by atoms with van der Waals surface area (Å²) in [6.07, 6.45) is 4.94. The van der Waals surface area contributed by atoms with Crippen LogP contribution in [-0.4, -0.2) is 88.9 Å². The zero-order chi connectivity index (χ0) is 21.5. The SMILES string of the molecule is C=CCOC[C@@H](OCC=C)[C@@H](OCC=C)[C@H](OCC=C)[C@H]1OC[C@H](CO)[C@@H]1NC. The minimum atomic E-state index is -0.504. The number of aliphatic hydroxyl groups is 1. The second kappa shape index (κ2) is 15.5. The van der Waals surface area contributed by atoms with Gasteiger partial charge in [0.15, 0.2) is 0 Å². The number of likely N-dealkylation sites (N-methyl/N-ethyl adjacent to an activating group) is 1. The highest BCUT2D eigenvalue weighted by Crippen LogP contribution is 2.28. The summed E-state index contributed by atoms with van der Waals surface area (Å²) in [6, 6.07) is -0.0983. The molecule has 0 aromatic carbocycles. The van der Waals surface area contributed by atoms with Gasteiger partial charge in [0, 0.05) is 18.6 Å². The van der Waals surface area contributed by atoms with Crippen molar-refractivity contribution in [1.29, 1.82) is 0 Å². The summed E-state index contributed by atoms with van der Waals surface area (Å²) in [5, 5.41) is 13.0. The van der Waals surface area contributed by atoms with Gasteiger partial charge < -0.3 is 34.1 Å². The van der Waals surface area contributed by atoms with Crippen molar-refractivity contribution >= 4 is 0 Å². The minimum absolute atomic E-state index is 0.0210. The fraction of sp³-hybridized carbons (Fsp3) is 0.636. The maximum atomic E-state index is 9.71. The highest BCUT2D eigenvalue weighted by atomic mass is 16.6. The lowest BCUT2D eigenvalue weighted by molar-refractivity contribution is -0.173. The molecule has 1 saturated heterocycles. The smallest absolute Gasteiger partial charge is 0.115 e. The Kier molecular flexibility index (Phi) is 13.8. The van der Waals surface area contributed by atoms with Crippen molar-refractivity contribution in [3.8, 4) is 0 Å². The monoisotopic (exact) mass is 411 g/mol. The largest absolute Gasteiger partial charge is 0.396 e. The molecule has 0 aliphatic carbocycles. The summed E-state index contributed by atoms with van der Waals surface area (Å²) >= 11 is 0. The van der Waals surface area contributed by atoms with Crippen molar-refractivity contribution in [1.82, 2.24) is 5.32 Å². The van der Waals surface area contributed by atoms with Crippen LogP contribution in [0.5, 0.6) is 0 Å². The van der Waals surface area contributed by atoms with E-state index >= 15 is 0 Å². The average molecular weight is 412 g/mol. The summed E-state index contributed by atoms with van der Waals surface area (Å²) in [4.78, 5) is 0. The second-order valence-corrected chi connectivity index (χ2v) is 6.71. The van der Waals surface area contributed by atoms with Gasteiger partial charge in [0.25, 0.3) is 0 Å². The molecule has 0 spiro atoms. The summed E-state index contributed by atoms with van der Waals surface area (Å²) in [5.74, 6) is -0.0376. The van der Waals surface area contributed by atoms with Crippen LogP contribution in [0, 0.1) is 5.92 Å². The molecule has 2 N–H and O–H groups in total. The lowest BCUT2D eigenvalue weighted by Crippen LogP contribution is -2.56. The van der Waals surface area contributed by atoms with E-state index in [0.717, 1.165) is 0 Å². The van der Waals surface area contributed by atoms with Gasteiger partial charge in [-0.05, 0) is 7.05 Å². The molecule has 0 unspecified atom stereocenters. The van der Waals surface area contributed by atoms with Crippen LogP contribution >= 0.6 is 0 Å². The third-order valence-corrected chi connectivity index (χ3v) is 4.71. The van der Waals surface area contributed by atoms with Crippen LogP contribution in [0.25, 0.3) is 0 Å². The van der Waals surface area contributed by atoms with Crippen molar-refractivity contribution in [3.63, 3.8) is 0 Å². The van der Waals surface area contributed by atoms with Crippen LogP contribution in [0.4, 0.5) is 0 Å². The van der Waals surface area contributed by atoms with Crippen LogP contribution in [0.1, 0.15) is 0 Å². The molecule has 0 aromatic heterocycles. The highest BCUT2D eigenvalue weighted by molar-refractivity contribution is 4.98. The molecule has 166 valence electrons. The number of aliphatic hydroxyl groups excluding tert-OH is 1. The van der Waals surface area contributed by atoms with Crippen LogP contribution in [0.3, 0.4) is 0 Å². The Hall–Kier alpha value is -1.32. The molecule has 0 bridgehead atoms. The fourth-order valence-electron chi connectivity index (χ4n) is 3.42. The molecule has 1 rings (SSSR count). The highest BCUT2D eigenvalue weighted by Gasteiger charge is 2.46. The quantitative estimate of drug-likeness (QED) is 0.261. The van der Waals surface area contributed by atoms with Crippen LogP contribution in [0.15, 0.2) is 50.6 Å². The van der Waals surface area contributed by atoms with Crippen molar-refractivity contribution in [2.45, 2.75) is 30.5 Å². The van der Waals surface area contributed by atoms with Gasteiger partial charge in [-0.3, -0.25) is 0 Å². The molecule has 29 heavy (non-hydrogen) atoms. The topological polar surface area (TPSA) is 78.4 Å². The maximum absolute atomic E-state index is 9.71. The Morgan fingerprint density at radius 1 is 1.00 bits per heavy atom. The number of ether oxygens (including phenoxy) is 5. The first kappa shape index (κ1) is 25.7. The van der Waals surface area contributed by atoms with Crippen LogP contribution in [-0.2, 0) is 23.7 Å². The van der Waals surface area contributed by atoms with Gasteiger partial charge in [-0.2, -0.15) is 0 Å². The van der Waals surface area contributed by atoms with Crippen LogP contribution < -0.4 is 5.32 Å². The Balaban J connectivity index is 3.15. The van der Waals surface area contributed by atoms with Crippen molar-refractivity contribution in [3.05, 3.63) is 50.6 Å². The van der Waals surface area contributed by atoms with E-state index in [2.05, 4.69) is 31.6 Å². The van der Waals surface area contributed by atoms with Gasteiger partial charge in [0.2, 0.25) is 0 Å². The van der Waals surface area contributed by atoms with E-state index in [9.17, 15) is 5.11 Å².